The second-order valence-electron chi connectivity index (χ2n) is 9.75. The van der Waals surface area contributed by atoms with Crippen LogP contribution in [0.2, 0.25) is 0 Å². The number of aromatic amines is 1. The van der Waals surface area contributed by atoms with Gasteiger partial charge in [-0.2, -0.15) is 5.10 Å². The number of benzene rings is 3. The number of fused-ring (bicyclic) bond motifs is 1. The summed E-state index contributed by atoms with van der Waals surface area (Å²) in [5.41, 5.74) is 7.46. The zero-order valence-electron chi connectivity index (χ0n) is 23.1. The van der Waals surface area contributed by atoms with Crippen molar-refractivity contribution in [1.82, 2.24) is 20.0 Å². The minimum atomic E-state index is -0.0234. The molecule has 0 fully saturated rings. The van der Waals surface area contributed by atoms with E-state index >= 15 is 0 Å². The van der Waals surface area contributed by atoms with Gasteiger partial charge in [0.15, 0.2) is 11.5 Å². The number of hydrogen-bond donors (Lipinski definition) is 1. The molecule has 1 atom stereocenters. The van der Waals surface area contributed by atoms with Gasteiger partial charge in [-0.15, -0.1) is 0 Å². The number of aromatic nitrogens is 2. The number of hydrogen-bond acceptors (Lipinski definition) is 5. The first-order valence-corrected chi connectivity index (χ1v) is 13.5. The molecule has 1 N–H and O–H groups in total. The standard InChI is InChI=1S/C32H36N4O3/c1-5-35(6-2)32(37)24-14-12-23(13-15-24)31-27-19-29(39-4)28(38-3)18-25(27)16-17-36(31)21-26-20-33-34-30(26)22-10-8-7-9-11-22/h7-15,18-20,31H,5-6,16-17,21H2,1-4H3,(H,33,34). The van der Waals surface area contributed by atoms with Gasteiger partial charge in [-0.3, -0.25) is 14.8 Å². The van der Waals surface area contributed by atoms with Crippen molar-refractivity contribution in [1.29, 1.82) is 0 Å². The average Bonchev–Trinajstić information content (AvgIpc) is 3.45. The molecule has 7 nitrogen and oxygen atoms in total. The lowest BCUT2D eigenvalue weighted by molar-refractivity contribution is 0.0773. The summed E-state index contributed by atoms with van der Waals surface area (Å²) in [7, 11) is 3.34. The fourth-order valence-corrected chi connectivity index (χ4v) is 5.56. The SMILES string of the molecule is CCN(CC)C(=O)c1ccc(C2c3cc(OC)c(OC)cc3CCN2Cc2c[nH]nc2-c2ccccc2)cc1. The molecule has 1 aliphatic heterocycles. The van der Waals surface area contributed by atoms with Crippen LogP contribution in [0, 0.1) is 0 Å². The van der Waals surface area contributed by atoms with Gasteiger partial charge in [-0.25, -0.2) is 0 Å². The van der Waals surface area contributed by atoms with E-state index in [1.54, 1.807) is 14.2 Å². The lowest BCUT2D eigenvalue weighted by Crippen LogP contribution is -2.36. The molecule has 4 aromatic rings. The first-order chi connectivity index (χ1) is 19.1. The van der Waals surface area contributed by atoms with Crippen LogP contribution in [-0.4, -0.2) is 59.8 Å². The van der Waals surface area contributed by atoms with Crippen molar-refractivity contribution in [3.63, 3.8) is 0 Å². The highest BCUT2D eigenvalue weighted by Gasteiger charge is 2.31. The van der Waals surface area contributed by atoms with Crippen LogP contribution in [0.5, 0.6) is 11.5 Å². The molecule has 2 heterocycles. The van der Waals surface area contributed by atoms with Gasteiger partial charge >= 0.3 is 0 Å². The van der Waals surface area contributed by atoms with Crippen LogP contribution >= 0.6 is 0 Å². The molecule has 5 rings (SSSR count). The van der Waals surface area contributed by atoms with E-state index in [0.717, 1.165) is 47.6 Å². The third-order valence-electron chi connectivity index (χ3n) is 7.64. The van der Waals surface area contributed by atoms with Gasteiger partial charge in [0.05, 0.1) is 26.0 Å². The number of amides is 1. The Morgan fingerprint density at radius 1 is 1.00 bits per heavy atom. The van der Waals surface area contributed by atoms with Crippen LogP contribution < -0.4 is 9.47 Å². The predicted octanol–water partition coefficient (Wildman–Crippen LogP) is 5.72. The summed E-state index contributed by atoms with van der Waals surface area (Å²) in [5.74, 6) is 1.51. The first kappa shape index (κ1) is 26.5. The lowest BCUT2D eigenvalue weighted by atomic mass is 9.87. The molecule has 0 radical (unpaired) electrons. The third-order valence-corrected chi connectivity index (χ3v) is 7.64. The highest BCUT2D eigenvalue weighted by atomic mass is 16.5. The van der Waals surface area contributed by atoms with Gasteiger partial charge in [-0.05, 0) is 61.2 Å². The normalized spacial score (nSPS) is 15.0. The molecule has 1 amide bonds. The van der Waals surface area contributed by atoms with Gasteiger partial charge in [0.2, 0.25) is 0 Å². The van der Waals surface area contributed by atoms with Crippen LogP contribution in [0.3, 0.4) is 0 Å². The molecular weight excluding hydrogens is 488 g/mol. The van der Waals surface area contributed by atoms with Crippen molar-refractivity contribution in [3.05, 3.63) is 101 Å². The van der Waals surface area contributed by atoms with Crippen molar-refractivity contribution in [2.45, 2.75) is 32.9 Å². The van der Waals surface area contributed by atoms with Gasteiger partial charge in [-0.1, -0.05) is 42.5 Å². The van der Waals surface area contributed by atoms with Crippen LogP contribution in [0.15, 0.2) is 72.9 Å². The summed E-state index contributed by atoms with van der Waals surface area (Å²) in [6.45, 7) is 6.99. The van der Waals surface area contributed by atoms with Crippen LogP contribution in [0.4, 0.5) is 0 Å². The van der Waals surface area contributed by atoms with E-state index in [9.17, 15) is 4.79 Å². The Hall–Kier alpha value is -4.10. The maximum Gasteiger partial charge on any atom is 0.253 e. The van der Waals surface area contributed by atoms with Crippen molar-refractivity contribution in [2.24, 2.45) is 0 Å². The Balaban J connectivity index is 1.55. The summed E-state index contributed by atoms with van der Waals surface area (Å²) in [4.78, 5) is 17.3. The second-order valence-corrected chi connectivity index (χ2v) is 9.75. The monoisotopic (exact) mass is 524 g/mol. The number of nitrogens with zero attached hydrogens (tertiary/aromatic N) is 3. The molecule has 202 valence electrons. The number of ether oxygens (including phenoxy) is 2. The molecule has 1 aliphatic rings. The maximum atomic E-state index is 13.0. The summed E-state index contributed by atoms with van der Waals surface area (Å²) in [6.07, 6.45) is 2.89. The minimum Gasteiger partial charge on any atom is -0.493 e. The van der Waals surface area contributed by atoms with Gasteiger partial charge in [0.1, 0.15) is 0 Å². The van der Waals surface area contributed by atoms with Crippen LogP contribution in [-0.2, 0) is 13.0 Å². The van der Waals surface area contributed by atoms with E-state index in [0.29, 0.717) is 24.4 Å². The molecule has 39 heavy (non-hydrogen) atoms. The molecule has 0 bridgehead atoms. The molecule has 0 spiro atoms. The van der Waals surface area contributed by atoms with Gasteiger partial charge in [0.25, 0.3) is 5.91 Å². The zero-order chi connectivity index (χ0) is 27.4. The smallest absolute Gasteiger partial charge is 0.253 e. The number of methoxy groups -OCH3 is 2. The summed E-state index contributed by atoms with van der Waals surface area (Å²) in [6, 6.07) is 22.5. The largest absolute Gasteiger partial charge is 0.493 e. The molecule has 0 aliphatic carbocycles. The van der Waals surface area contributed by atoms with E-state index in [4.69, 9.17) is 9.47 Å². The Bertz CT molecular complexity index is 1410. The quantitative estimate of drug-likeness (QED) is 0.303. The van der Waals surface area contributed by atoms with E-state index in [2.05, 4.69) is 51.5 Å². The topological polar surface area (TPSA) is 70.7 Å². The van der Waals surface area contributed by atoms with Crippen molar-refractivity contribution >= 4 is 5.91 Å². The maximum absolute atomic E-state index is 13.0. The highest BCUT2D eigenvalue weighted by Crippen LogP contribution is 2.42. The summed E-state index contributed by atoms with van der Waals surface area (Å²) < 4.78 is 11.3. The van der Waals surface area contributed by atoms with E-state index < -0.39 is 0 Å². The second kappa shape index (κ2) is 11.7. The average molecular weight is 525 g/mol. The van der Waals surface area contributed by atoms with Crippen molar-refractivity contribution in [2.75, 3.05) is 33.9 Å². The lowest BCUT2D eigenvalue weighted by Gasteiger charge is -2.38. The highest BCUT2D eigenvalue weighted by molar-refractivity contribution is 5.94. The Morgan fingerprint density at radius 2 is 1.69 bits per heavy atom. The van der Waals surface area contributed by atoms with Gasteiger partial charge < -0.3 is 14.4 Å². The molecule has 1 aromatic heterocycles. The first-order valence-electron chi connectivity index (χ1n) is 13.5. The number of rotatable bonds is 9. The van der Waals surface area contributed by atoms with Crippen molar-refractivity contribution in [3.8, 4) is 22.8 Å². The number of H-pyrrole nitrogens is 1. The molecule has 0 saturated carbocycles. The molecular formula is C32H36N4O3. The zero-order valence-corrected chi connectivity index (χ0v) is 23.1. The fraction of sp³-hybridized carbons (Fsp3) is 0.312. The number of carbonyl (C=O) groups is 1. The third kappa shape index (κ3) is 5.27. The van der Waals surface area contributed by atoms with E-state index in [1.807, 2.05) is 55.3 Å². The van der Waals surface area contributed by atoms with Crippen molar-refractivity contribution < 1.29 is 14.3 Å². The summed E-state index contributed by atoms with van der Waals surface area (Å²) >= 11 is 0. The van der Waals surface area contributed by atoms with E-state index in [1.165, 1.54) is 11.1 Å². The van der Waals surface area contributed by atoms with Crippen LogP contribution in [0.25, 0.3) is 11.3 Å². The molecule has 7 heteroatoms. The molecule has 3 aromatic carbocycles. The Kier molecular flexibility index (Phi) is 7.98. The van der Waals surface area contributed by atoms with E-state index in [-0.39, 0.29) is 11.9 Å². The van der Waals surface area contributed by atoms with Crippen LogP contribution in [0.1, 0.15) is 52.5 Å². The number of carbonyl (C=O) groups excluding carboxylic acids is 1. The Morgan fingerprint density at radius 3 is 2.36 bits per heavy atom. The molecule has 1 unspecified atom stereocenters. The Labute approximate surface area is 230 Å². The predicted molar refractivity (Wildman–Crippen MR) is 153 cm³/mol. The molecule has 0 saturated heterocycles. The minimum absolute atomic E-state index is 0.0234. The number of nitrogens with one attached hydrogen (secondary N) is 1. The fourth-order valence-electron chi connectivity index (χ4n) is 5.56. The summed E-state index contributed by atoms with van der Waals surface area (Å²) in [5, 5.41) is 7.66. The van der Waals surface area contributed by atoms with Gasteiger partial charge in [0, 0.05) is 49.1 Å².